The number of ether oxygens (including phenoxy) is 2. The van der Waals surface area contributed by atoms with Crippen molar-refractivity contribution in [3.8, 4) is 17.1 Å². The Balaban J connectivity index is 1.49. The highest BCUT2D eigenvalue weighted by molar-refractivity contribution is 5.89. The third kappa shape index (κ3) is 4.55. The van der Waals surface area contributed by atoms with Gasteiger partial charge in [-0.15, -0.1) is 0 Å². The zero-order valence-electron chi connectivity index (χ0n) is 20.8. The first kappa shape index (κ1) is 23.5. The summed E-state index contributed by atoms with van der Waals surface area (Å²) in [5.41, 5.74) is 4.74. The second-order valence-electron chi connectivity index (χ2n) is 9.76. The highest BCUT2D eigenvalue weighted by Gasteiger charge is 2.47. The lowest BCUT2D eigenvalue weighted by atomic mass is 9.72. The minimum Gasteiger partial charge on any atom is -0.497 e. The average molecular weight is 472 g/mol. The zero-order valence-corrected chi connectivity index (χ0v) is 20.8. The minimum atomic E-state index is -0.555. The first-order chi connectivity index (χ1) is 17.0. The Kier molecular flexibility index (Phi) is 6.56. The Hall–Kier alpha value is -3.25. The number of hydrogen-bond donors (Lipinski definition) is 0. The van der Waals surface area contributed by atoms with Crippen LogP contribution in [0, 0.1) is 13.8 Å². The van der Waals surface area contributed by atoms with Crippen LogP contribution in [0.4, 0.5) is 0 Å². The third-order valence-corrected chi connectivity index (χ3v) is 7.39. The largest absolute Gasteiger partial charge is 0.497 e. The van der Waals surface area contributed by atoms with Crippen molar-refractivity contribution in [1.82, 2.24) is 14.9 Å². The number of aryl methyl sites for hydroxylation is 2. The van der Waals surface area contributed by atoms with Gasteiger partial charge in [-0.3, -0.25) is 4.79 Å². The number of methoxy groups -OCH3 is 1. The standard InChI is InChI=1S/C29H33N3O3/c1-20-16-21(2)18-23(17-20)29(10-14-35-15-11-29)28(33)32-13-5-8-26(32)25-9-12-30-27(31-25)22-6-4-7-24(19-22)34-3/h4,6-7,9,12,16-19,26H,5,8,10-11,13-15H2,1-3H3/t26-/m1/s1. The van der Waals surface area contributed by atoms with Crippen molar-refractivity contribution >= 4 is 5.91 Å². The molecule has 0 bridgehead atoms. The van der Waals surface area contributed by atoms with E-state index in [1.807, 2.05) is 30.3 Å². The van der Waals surface area contributed by atoms with Gasteiger partial charge >= 0.3 is 0 Å². The van der Waals surface area contributed by atoms with Crippen LogP contribution in [0.3, 0.4) is 0 Å². The van der Waals surface area contributed by atoms with Crippen molar-refractivity contribution in [2.75, 3.05) is 26.9 Å². The van der Waals surface area contributed by atoms with Gasteiger partial charge in [-0.2, -0.15) is 0 Å². The summed E-state index contributed by atoms with van der Waals surface area (Å²) in [5, 5.41) is 0. The molecule has 0 radical (unpaired) electrons. The van der Waals surface area contributed by atoms with Crippen molar-refractivity contribution in [2.24, 2.45) is 0 Å². The summed E-state index contributed by atoms with van der Waals surface area (Å²) in [6.45, 7) is 6.16. The van der Waals surface area contributed by atoms with Gasteiger partial charge in [-0.1, -0.05) is 41.5 Å². The highest BCUT2D eigenvalue weighted by atomic mass is 16.5. The molecule has 6 heteroatoms. The molecule has 0 unspecified atom stereocenters. The van der Waals surface area contributed by atoms with Crippen molar-refractivity contribution in [3.63, 3.8) is 0 Å². The molecule has 3 aromatic rings. The molecule has 2 aromatic carbocycles. The summed E-state index contributed by atoms with van der Waals surface area (Å²) in [4.78, 5) is 25.9. The van der Waals surface area contributed by atoms with Crippen LogP contribution >= 0.6 is 0 Å². The molecule has 0 aliphatic carbocycles. The lowest BCUT2D eigenvalue weighted by Gasteiger charge is -2.41. The van der Waals surface area contributed by atoms with Crippen LogP contribution in [0.15, 0.2) is 54.7 Å². The monoisotopic (exact) mass is 471 g/mol. The molecule has 2 saturated heterocycles. The molecule has 1 aromatic heterocycles. The van der Waals surface area contributed by atoms with E-state index >= 15 is 0 Å². The maximum Gasteiger partial charge on any atom is 0.233 e. The molecule has 1 amide bonds. The molecule has 1 atom stereocenters. The number of rotatable bonds is 5. The van der Waals surface area contributed by atoms with E-state index in [0.29, 0.717) is 31.9 Å². The van der Waals surface area contributed by atoms with Gasteiger partial charge in [0.2, 0.25) is 5.91 Å². The number of carbonyl (C=O) groups excluding carboxylic acids is 1. The molecule has 0 N–H and O–H groups in total. The van der Waals surface area contributed by atoms with E-state index in [1.54, 1.807) is 13.3 Å². The van der Waals surface area contributed by atoms with Gasteiger partial charge in [-0.25, -0.2) is 9.97 Å². The lowest BCUT2D eigenvalue weighted by Crippen LogP contribution is -2.49. The molecule has 35 heavy (non-hydrogen) atoms. The van der Waals surface area contributed by atoms with E-state index in [2.05, 4.69) is 41.9 Å². The quantitative estimate of drug-likeness (QED) is 0.513. The molecule has 3 heterocycles. The molecule has 0 saturated carbocycles. The van der Waals surface area contributed by atoms with Gasteiger partial charge in [-0.05, 0) is 63.3 Å². The Morgan fingerprint density at radius 1 is 1.09 bits per heavy atom. The van der Waals surface area contributed by atoms with E-state index in [9.17, 15) is 4.79 Å². The van der Waals surface area contributed by atoms with E-state index < -0.39 is 5.41 Å². The summed E-state index contributed by atoms with van der Waals surface area (Å²) < 4.78 is 11.1. The van der Waals surface area contributed by atoms with Crippen LogP contribution in [-0.4, -0.2) is 47.6 Å². The Bertz CT molecular complexity index is 1200. The minimum absolute atomic E-state index is 0.0551. The van der Waals surface area contributed by atoms with Gasteiger partial charge in [0.1, 0.15) is 5.75 Å². The van der Waals surface area contributed by atoms with Crippen molar-refractivity contribution in [1.29, 1.82) is 0 Å². The summed E-state index contributed by atoms with van der Waals surface area (Å²) in [7, 11) is 1.65. The number of aromatic nitrogens is 2. The summed E-state index contributed by atoms with van der Waals surface area (Å²) >= 11 is 0. The van der Waals surface area contributed by atoms with Crippen molar-refractivity contribution in [2.45, 2.75) is 51.0 Å². The first-order valence-corrected chi connectivity index (χ1v) is 12.5. The van der Waals surface area contributed by atoms with Crippen LogP contribution in [-0.2, 0) is 14.9 Å². The molecule has 5 rings (SSSR count). The smallest absolute Gasteiger partial charge is 0.233 e. The maximum absolute atomic E-state index is 14.4. The van der Waals surface area contributed by atoms with Crippen LogP contribution in [0.5, 0.6) is 5.75 Å². The number of amides is 1. The summed E-state index contributed by atoms with van der Waals surface area (Å²) in [5.74, 6) is 1.62. The summed E-state index contributed by atoms with van der Waals surface area (Å²) in [6.07, 6.45) is 5.08. The molecule has 0 spiro atoms. The number of nitrogens with zero attached hydrogens (tertiary/aromatic N) is 3. The maximum atomic E-state index is 14.4. The van der Waals surface area contributed by atoms with Gasteiger partial charge in [0.05, 0.1) is 24.3 Å². The summed E-state index contributed by atoms with van der Waals surface area (Å²) in [6, 6.07) is 16.2. The Labute approximate surface area is 207 Å². The fourth-order valence-electron chi connectivity index (χ4n) is 5.65. The normalized spacial score (nSPS) is 19.5. The Morgan fingerprint density at radius 2 is 1.86 bits per heavy atom. The molecule has 6 nitrogen and oxygen atoms in total. The average Bonchev–Trinajstić information content (AvgIpc) is 3.38. The zero-order chi connectivity index (χ0) is 24.4. The Morgan fingerprint density at radius 3 is 2.60 bits per heavy atom. The van der Waals surface area contributed by atoms with Gasteiger partial charge in [0.25, 0.3) is 0 Å². The fraction of sp³-hybridized carbons (Fsp3) is 0.414. The second-order valence-corrected chi connectivity index (χ2v) is 9.76. The molecular weight excluding hydrogens is 438 g/mol. The highest BCUT2D eigenvalue weighted by Crippen LogP contribution is 2.42. The van der Waals surface area contributed by atoms with E-state index in [4.69, 9.17) is 14.5 Å². The fourth-order valence-corrected chi connectivity index (χ4v) is 5.65. The van der Waals surface area contributed by atoms with Gasteiger partial charge < -0.3 is 14.4 Å². The first-order valence-electron chi connectivity index (χ1n) is 12.5. The van der Waals surface area contributed by atoms with Crippen molar-refractivity contribution < 1.29 is 14.3 Å². The second kappa shape index (κ2) is 9.78. The SMILES string of the molecule is COc1cccc(-c2nccc([C@H]3CCCN3C(=O)C3(c4cc(C)cc(C)c4)CCOCC3)n2)c1. The van der Waals surface area contributed by atoms with Crippen molar-refractivity contribution in [3.05, 3.63) is 77.1 Å². The number of benzene rings is 2. The van der Waals surface area contributed by atoms with Gasteiger partial charge in [0.15, 0.2) is 5.82 Å². The topological polar surface area (TPSA) is 64.5 Å². The van der Waals surface area contributed by atoms with E-state index in [-0.39, 0.29) is 11.9 Å². The molecule has 182 valence electrons. The lowest BCUT2D eigenvalue weighted by molar-refractivity contribution is -0.142. The third-order valence-electron chi connectivity index (χ3n) is 7.39. The van der Waals surface area contributed by atoms with E-state index in [0.717, 1.165) is 42.0 Å². The molecule has 2 fully saturated rings. The van der Waals surface area contributed by atoms with Crippen LogP contribution in [0.2, 0.25) is 0 Å². The number of hydrogen-bond acceptors (Lipinski definition) is 5. The van der Waals surface area contributed by atoms with Gasteiger partial charge in [0, 0.05) is 31.5 Å². The number of likely N-dealkylation sites (tertiary alicyclic amines) is 1. The van der Waals surface area contributed by atoms with Crippen LogP contribution in [0.25, 0.3) is 11.4 Å². The molecule has 2 aliphatic rings. The predicted molar refractivity (Wildman–Crippen MR) is 135 cm³/mol. The van der Waals surface area contributed by atoms with Crippen LogP contribution < -0.4 is 4.74 Å². The van der Waals surface area contributed by atoms with Crippen LogP contribution in [0.1, 0.15) is 54.1 Å². The number of carbonyl (C=O) groups is 1. The van der Waals surface area contributed by atoms with E-state index in [1.165, 1.54) is 11.1 Å². The molecule has 2 aliphatic heterocycles. The predicted octanol–water partition coefficient (Wildman–Crippen LogP) is 5.18. The molecular formula is C29H33N3O3.